The molecule has 2 rings (SSSR count). The number of halogens is 1. The largest absolute Gasteiger partial charge is 0.384 e. The minimum atomic E-state index is -0.329. The van der Waals surface area contributed by atoms with Gasteiger partial charge in [-0.15, -0.1) is 0 Å². The van der Waals surface area contributed by atoms with Gasteiger partial charge in [-0.3, -0.25) is 9.59 Å². The van der Waals surface area contributed by atoms with E-state index in [0.717, 1.165) is 5.69 Å². The van der Waals surface area contributed by atoms with E-state index in [-0.39, 0.29) is 24.1 Å². The van der Waals surface area contributed by atoms with E-state index in [1.54, 1.807) is 44.3 Å². The summed E-state index contributed by atoms with van der Waals surface area (Å²) in [4.78, 5) is 33.8. The van der Waals surface area contributed by atoms with Crippen LogP contribution in [0.15, 0.2) is 35.5 Å². The zero-order chi connectivity index (χ0) is 18.4. The minimum absolute atomic E-state index is 0.0819. The number of carbonyl (C=O) groups is 2. The normalized spacial score (nSPS) is 10.4. The van der Waals surface area contributed by atoms with Gasteiger partial charge >= 0.3 is 0 Å². The fourth-order valence-electron chi connectivity index (χ4n) is 1.92. The summed E-state index contributed by atoms with van der Waals surface area (Å²) in [6.07, 6.45) is 0. The van der Waals surface area contributed by atoms with Gasteiger partial charge in [-0.25, -0.2) is 9.97 Å². The van der Waals surface area contributed by atoms with E-state index in [4.69, 9.17) is 17.3 Å². The highest BCUT2D eigenvalue weighted by atomic mass is 35.5. The lowest BCUT2D eigenvalue weighted by molar-refractivity contribution is -0.131. The van der Waals surface area contributed by atoms with Gasteiger partial charge in [0.2, 0.25) is 11.8 Å². The van der Waals surface area contributed by atoms with Crippen LogP contribution in [-0.4, -0.2) is 46.0 Å². The first-order valence-electron chi connectivity index (χ1n) is 7.37. The molecule has 2 aromatic rings. The van der Waals surface area contributed by atoms with Crippen LogP contribution in [-0.2, 0) is 9.59 Å². The van der Waals surface area contributed by atoms with Crippen molar-refractivity contribution in [2.45, 2.75) is 12.1 Å². The highest BCUT2D eigenvalue weighted by Crippen LogP contribution is 2.20. The Bertz CT molecular complexity index is 767. The first-order chi connectivity index (χ1) is 11.8. The molecule has 0 aliphatic rings. The molecular formula is C16H18ClN5O2S. The lowest BCUT2D eigenvalue weighted by Crippen LogP contribution is -2.36. The molecule has 0 aliphatic carbocycles. The van der Waals surface area contributed by atoms with Gasteiger partial charge in [-0.1, -0.05) is 35.5 Å². The molecule has 25 heavy (non-hydrogen) atoms. The van der Waals surface area contributed by atoms with Crippen LogP contribution in [0.4, 0.5) is 11.5 Å². The summed E-state index contributed by atoms with van der Waals surface area (Å²) >= 11 is 7.16. The summed E-state index contributed by atoms with van der Waals surface area (Å²) in [5, 5.41) is 3.54. The lowest BCUT2D eigenvalue weighted by Gasteiger charge is -2.16. The average molecular weight is 380 g/mol. The van der Waals surface area contributed by atoms with Gasteiger partial charge < -0.3 is 16.0 Å². The van der Waals surface area contributed by atoms with E-state index in [1.165, 1.54) is 16.7 Å². The van der Waals surface area contributed by atoms with E-state index in [9.17, 15) is 9.59 Å². The Labute approximate surface area is 155 Å². The Balaban J connectivity index is 1.85. The van der Waals surface area contributed by atoms with Crippen molar-refractivity contribution in [1.82, 2.24) is 14.9 Å². The number of aryl methyl sites for hydroxylation is 1. The Morgan fingerprint density at radius 2 is 2.04 bits per heavy atom. The summed E-state index contributed by atoms with van der Waals surface area (Å²) < 4.78 is 0. The third-order valence-electron chi connectivity index (χ3n) is 3.13. The fraction of sp³-hybridized carbons (Fsp3) is 0.250. The molecule has 0 atom stereocenters. The van der Waals surface area contributed by atoms with E-state index >= 15 is 0 Å². The predicted octanol–water partition coefficient (Wildman–Crippen LogP) is 2.21. The molecule has 0 unspecified atom stereocenters. The number of hydrogen-bond acceptors (Lipinski definition) is 6. The highest BCUT2D eigenvalue weighted by molar-refractivity contribution is 7.99. The minimum Gasteiger partial charge on any atom is -0.384 e. The standard InChI is InChI=1S/C16H18ClN5O2S/c1-10-7-13(18)21-16(19-10)25-9-15(24)22(2)8-14(23)20-12-6-4-3-5-11(12)17/h3-7H,8-9H2,1-2H3,(H,20,23)(H2,18,19,21). The topological polar surface area (TPSA) is 101 Å². The Morgan fingerprint density at radius 1 is 1.32 bits per heavy atom. The summed E-state index contributed by atoms with van der Waals surface area (Å²) in [5.41, 5.74) is 6.89. The number of hydrogen-bond donors (Lipinski definition) is 2. The molecule has 3 N–H and O–H groups in total. The molecule has 7 nitrogen and oxygen atoms in total. The molecule has 1 aromatic heterocycles. The van der Waals surface area contributed by atoms with Gasteiger partial charge in [0.05, 0.1) is 23.0 Å². The number of aromatic nitrogens is 2. The van der Waals surface area contributed by atoms with Gasteiger partial charge in [-0.2, -0.15) is 0 Å². The number of nitrogens with one attached hydrogen (secondary N) is 1. The maximum atomic E-state index is 12.2. The Kier molecular flexibility index (Phi) is 6.60. The number of amides is 2. The second kappa shape index (κ2) is 8.68. The maximum absolute atomic E-state index is 12.2. The van der Waals surface area contributed by atoms with Crippen LogP contribution in [0.5, 0.6) is 0 Å². The summed E-state index contributed by atoms with van der Waals surface area (Å²) in [6.45, 7) is 1.72. The maximum Gasteiger partial charge on any atom is 0.244 e. The molecule has 132 valence electrons. The lowest BCUT2D eigenvalue weighted by atomic mass is 10.3. The zero-order valence-electron chi connectivity index (χ0n) is 13.8. The van der Waals surface area contributed by atoms with Crippen molar-refractivity contribution in [2.24, 2.45) is 0 Å². The predicted molar refractivity (Wildman–Crippen MR) is 99.6 cm³/mol. The SMILES string of the molecule is Cc1cc(N)nc(SCC(=O)N(C)CC(=O)Nc2ccccc2Cl)n1. The van der Waals surface area contributed by atoms with Crippen LogP contribution in [0.3, 0.4) is 0 Å². The first kappa shape index (κ1) is 19.0. The number of nitrogen functional groups attached to an aromatic ring is 1. The second-order valence-corrected chi connectivity index (χ2v) is 6.63. The van der Waals surface area contributed by atoms with Crippen molar-refractivity contribution >= 4 is 46.7 Å². The molecule has 0 aliphatic heterocycles. The number of nitrogens with zero attached hydrogens (tertiary/aromatic N) is 3. The van der Waals surface area contributed by atoms with E-state index < -0.39 is 0 Å². The Morgan fingerprint density at radius 3 is 2.72 bits per heavy atom. The van der Waals surface area contributed by atoms with E-state index in [2.05, 4.69) is 15.3 Å². The first-order valence-corrected chi connectivity index (χ1v) is 8.74. The summed E-state index contributed by atoms with van der Waals surface area (Å²) in [5.74, 6) is -0.0819. The van der Waals surface area contributed by atoms with E-state index in [1.807, 2.05) is 0 Å². The number of likely N-dealkylation sites (N-methyl/N-ethyl adjacent to an activating group) is 1. The van der Waals surface area contributed by atoms with Crippen molar-refractivity contribution in [3.05, 3.63) is 41.0 Å². The summed E-state index contributed by atoms with van der Waals surface area (Å²) in [7, 11) is 1.56. The molecule has 9 heteroatoms. The van der Waals surface area contributed by atoms with Crippen LogP contribution in [0.1, 0.15) is 5.69 Å². The highest BCUT2D eigenvalue weighted by Gasteiger charge is 2.15. The number of anilines is 2. The van der Waals surface area contributed by atoms with Crippen LogP contribution in [0, 0.1) is 6.92 Å². The fourth-order valence-corrected chi connectivity index (χ4v) is 2.96. The average Bonchev–Trinajstić information content (AvgIpc) is 2.53. The second-order valence-electron chi connectivity index (χ2n) is 5.28. The molecule has 0 spiro atoms. The van der Waals surface area contributed by atoms with Crippen molar-refractivity contribution < 1.29 is 9.59 Å². The monoisotopic (exact) mass is 379 g/mol. The van der Waals surface area contributed by atoms with Gasteiger partial charge in [0, 0.05) is 18.8 Å². The quantitative estimate of drug-likeness (QED) is 0.589. The van der Waals surface area contributed by atoms with Crippen LogP contribution in [0.2, 0.25) is 5.02 Å². The molecule has 0 bridgehead atoms. The third-order valence-corrected chi connectivity index (χ3v) is 4.29. The van der Waals surface area contributed by atoms with Gasteiger partial charge in [0.1, 0.15) is 5.82 Å². The van der Waals surface area contributed by atoms with Gasteiger partial charge in [0.25, 0.3) is 0 Å². The number of para-hydroxylation sites is 1. The molecule has 0 saturated carbocycles. The van der Waals surface area contributed by atoms with E-state index in [0.29, 0.717) is 21.7 Å². The number of thioether (sulfide) groups is 1. The number of carbonyl (C=O) groups excluding carboxylic acids is 2. The van der Waals surface area contributed by atoms with Crippen molar-refractivity contribution in [1.29, 1.82) is 0 Å². The molecule has 2 amide bonds. The molecule has 1 heterocycles. The van der Waals surface area contributed by atoms with Crippen LogP contribution < -0.4 is 11.1 Å². The molecule has 0 saturated heterocycles. The third kappa shape index (κ3) is 5.91. The molecular weight excluding hydrogens is 362 g/mol. The number of rotatable bonds is 6. The number of nitrogens with two attached hydrogens (primary N) is 1. The van der Waals surface area contributed by atoms with Gasteiger partial charge in [-0.05, 0) is 19.1 Å². The smallest absolute Gasteiger partial charge is 0.244 e. The van der Waals surface area contributed by atoms with Crippen LogP contribution in [0.25, 0.3) is 0 Å². The number of benzene rings is 1. The van der Waals surface area contributed by atoms with Crippen molar-refractivity contribution in [2.75, 3.05) is 30.4 Å². The zero-order valence-corrected chi connectivity index (χ0v) is 15.4. The molecule has 0 radical (unpaired) electrons. The van der Waals surface area contributed by atoms with Gasteiger partial charge in [0.15, 0.2) is 5.16 Å². The molecule has 0 fully saturated rings. The van der Waals surface area contributed by atoms with Crippen molar-refractivity contribution in [3.8, 4) is 0 Å². The van der Waals surface area contributed by atoms with Crippen molar-refractivity contribution in [3.63, 3.8) is 0 Å². The molecule has 1 aromatic carbocycles. The Hall–Kier alpha value is -2.32. The van der Waals surface area contributed by atoms with Crippen LogP contribution >= 0.6 is 23.4 Å². The summed E-state index contributed by atoms with van der Waals surface area (Å²) in [6, 6.07) is 8.55.